The fourth-order valence-electron chi connectivity index (χ4n) is 3.67. The van der Waals surface area contributed by atoms with E-state index in [9.17, 15) is 18.0 Å². The Balaban J connectivity index is 0.00000156. The predicted octanol–water partition coefficient (Wildman–Crippen LogP) is 4.44. The van der Waals surface area contributed by atoms with E-state index in [0.29, 0.717) is 46.0 Å². The number of aryl methyl sites for hydroxylation is 1. The first kappa shape index (κ1) is 25.5. The number of carbonyl (C=O) groups is 1. The number of nitrogens with two attached hydrogens (primary N) is 1. The van der Waals surface area contributed by atoms with Gasteiger partial charge in [0.15, 0.2) is 23.0 Å². The van der Waals surface area contributed by atoms with Crippen molar-refractivity contribution in [2.45, 2.75) is 12.7 Å². The predicted molar refractivity (Wildman–Crippen MR) is 134 cm³/mol. The molecule has 2 aromatic carbocycles. The summed E-state index contributed by atoms with van der Waals surface area (Å²) < 4.78 is 40.3. The van der Waals surface area contributed by atoms with Crippen LogP contribution in [0.2, 0.25) is 0 Å². The van der Waals surface area contributed by atoms with Crippen molar-refractivity contribution in [1.82, 2.24) is 29.5 Å². The summed E-state index contributed by atoms with van der Waals surface area (Å²) in [4.78, 5) is 31.2. The van der Waals surface area contributed by atoms with Gasteiger partial charge in [0.25, 0.3) is 0 Å². The number of aldehydes is 1. The standard InChI is InChI=1S/C24H18F3N7O.CH5N/c1-34-11-18(24(25,26)27)31-23(34)16-7-5-14(6-8-16)10-28-21-19-22(30-13-29-19)33-20(32-21)17-4-2-3-15(9-17)12-35;1-2/h2-9,11-13H,10H2,1H3,(H2,28,29,30,32,33);2H2,1H3. The van der Waals surface area contributed by atoms with Gasteiger partial charge in [-0.25, -0.2) is 19.9 Å². The molecule has 0 aliphatic carbocycles. The van der Waals surface area contributed by atoms with E-state index in [-0.39, 0.29) is 5.82 Å². The lowest BCUT2D eigenvalue weighted by atomic mass is 10.1. The average molecular weight is 509 g/mol. The highest BCUT2D eigenvalue weighted by Crippen LogP contribution is 2.31. The molecule has 0 bridgehead atoms. The molecule has 0 unspecified atom stereocenters. The highest BCUT2D eigenvalue weighted by Gasteiger charge is 2.34. The van der Waals surface area contributed by atoms with Crippen molar-refractivity contribution in [2.24, 2.45) is 12.8 Å². The summed E-state index contributed by atoms with van der Waals surface area (Å²) in [5.74, 6) is 1.18. The number of hydrogen-bond acceptors (Lipinski definition) is 7. The van der Waals surface area contributed by atoms with E-state index in [2.05, 4.69) is 36.0 Å². The molecule has 0 spiro atoms. The second kappa shape index (κ2) is 10.6. The molecular formula is C25H23F3N8O. The minimum absolute atomic E-state index is 0.231. The first-order chi connectivity index (χ1) is 17.8. The Kier molecular flexibility index (Phi) is 7.30. The third-order valence-corrected chi connectivity index (χ3v) is 5.41. The van der Waals surface area contributed by atoms with Gasteiger partial charge in [-0.3, -0.25) is 4.79 Å². The SMILES string of the molecule is CN.Cn1cc(C(F)(F)F)nc1-c1ccc(CNc2nc(-c3cccc(C=O)c3)nc3nc[nH]c23)cc1. The van der Waals surface area contributed by atoms with Crippen LogP contribution in [0.4, 0.5) is 19.0 Å². The van der Waals surface area contributed by atoms with Gasteiger partial charge in [-0.05, 0) is 18.7 Å². The van der Waals surface area contributed by atoms with Crippen molar-refractivity contribution in [1.29, 1.82) is 0 Å². The lowest BCUT2D eigenvalue weighted by molar-refractivity contribution is -0.140. The number of H-pyrrole nitrogens is 1. The molecule has 12 heteroatoms. The molecular weight excluding hydrogens is 485 g/mol. The molecule has 37 heavy (non-hydrogen) atoms. The number of anilines is 1. The Morgan fingerprint density at radius 1 is 1.05 bits per heavy atom. The lowest BCUT2D eigenvalue weighted by Gasteiger charge is -2.10. The van der Waals surface area contributed by atoms with Crippen LogP contribution < -0.4 is 11.1 Å². The maximum absolute atomic E-state index is 13.0. The fraction of sp³-hybridized carbons (Fsp3) is 0.160. The first-order valence-corrected chi connectivity index (χ1v) is 11.1. The summed E-state index contributed by atoms with van der Waals surface area (Å²) in [6, 6.07) is 14.0. The van der Waals surface area contributed by atoms with Crippen LogP contribution in [0, 0.1) is 0 Å². The van der Waals surface area contributed by atoms with Crippen LogP contribution in [0.25, 0.3) is 33.9 Å². The van der Waals surface area contributed by atoms with Crippen LogP contribution in [0.5, 0.6) is 0 Å². The number of benzene rings is 2. The van der Waals surface area contributed by atoms with Crippen LogP contribution in [0.3, 0.4) is 0 Å². The largest absolute Gasteiger partial charge is 0.434 e. The summed E-state index contributed by atoms with van der Waals surface area (Å²) in [5.41, 5.74) is 7.32. The van der Waals surface area contributed by atoms with Crippen LogP contribution in [-0.4, -0.2) is 42.8 Å². The molecule has 3 aromatic heterocycles. The summed E-state index contributed by atoms with van der Waals surface area (Å²) >= 11 is 0. The molecule has 9 nitrogen and oxygen atoms in total. The molecule has 190 valence electrons. The van der Waals surface area contributed by atoms with Gasteiger partial charge in [0, 0.05) is 36.5 Å². The molecule has 0 aliphatic heterocycles. The number of aromatic nitrogens is 6. The van der Waals surface area contributed by atoms with Crippen LogP contribution in [0.1, 0.15) is 21.6 Å². The second-order valence-electron chi connectivity index (χ2n) is 7.85. The number of hydrogen-bond donors (Lipinski definition) is 3. The zero-order valence-electron chi connectivity index (χ0n) is 19.9. The number of imidazole rings is 2. The zero-order chi connectivity index (χ0) is 26.6. The quantitative estimate of drug-likeness (QED) is 0.289. The lowest BCUT2D eigenvalue weighted by Crippen LogP contribution is -2.05. The van der Waals surface area contributed by atoms with E-state index in [1.807, 2.05) is 18.2 Å². The Hall–Kier alpha value is -4.58. The van der Waals surface area contributed by atoms with Gasteiger partial charge in [-0.1, -0.05) is 42.5 Å². The van der Waals surface area contributed by atoms with Crippen molar-refractivity contribution in [2.75, 3.05) is 12.4 Å². The van der Waals surface area contributed by atoms with E-state index in [0.717, 1.165) is 18.0 Å². The number of fused-ring (bicyclic) bond motifs is 1. The summed E-state index contributed by atoms with van der Waals surface area (Å²) in [6.07, 6.45) is -1.25. The van der Waals surface area contributed by atoms with Gasteiger partial charge in [0.2, 0.25) is 0 Å². The number of halogens is 3. The average Bonchev–Trinajstić information content (AvgIpc) is 3.55. The van der Waals surface area contributed by atoms with Crippen LogP contribution >= 0.6 is 0 Å². The van der Waals surface area contributed by atoms with Crippen molar-refractivity contribution in [3.05, 3.63) is 77.9 Å². The van der Waals surface area contributed by atoms with Crippen molar-refractivity contribution >= 4 is 23.3 Å². The van der Waals surface area contributed by atoms with E-state index < -0.39 is 11.9 Å². The Labute approximate surface area is 209 Å². The molecule has 5 aromatic rings. The van der Waals surface area contributed by atoms with E-state index in [4.69, 9.17) is 0 Å². The Bertz CT molecular complexity index is 1520. The molecule has 0 saturated heterocycles. The van der Waals surface area contributed by atoms with Crippen LogP contribution in [0.15, 0.2) is 61.1 Å². The second-order valence-corrected chi connectivity index (χ2v) is 7.85. The molecule has 0 aliphatic rings. The normalized spacial score (nSPS) is 11.2. The monoisotopic (exact) mass is 508 g/mol. The topological polar surface area (TPSA) is 127 Å². The van der Waals surface area contributed by atoms with Crippen molar-refractivity contribution in [3.8, 4) is 22.8 Å². The van der Waals surface area contributed by atoms with Gasteiger partial charge < -0.3 is 20.6 Å². The van der Waals surface area contributed by atoms with Gasteiger partial charge in [0.05, 0.1) is 6.33 Å². The van der Waals surface area contributed by atoms with E-state index in [1.165, 1.54) is 25.0 Å². The third-order valence-electron chi connectivity index (χ3n) is 5.41. The summed E-state index contributed by atoms with van der Waals surface area (Å²) in [7, 11) is 3.03. The van der Waals surface area contributed by atoms with Crippen molar-refractivity contribution < 1.29 is 18.0 Å². The van der Waals surface area contributed by atoms with Gasteiger partial charge in [0.1, 0.15) is 17.6 Å². The molecule has 0 saturated carbocycles. The molecule has 0 atom stereocenters. The summed E-state index contributed by atoms with van der Waals surface area (Å²) in [5, 5.41) is 3.26. The third kappa shape index (κ3) is 5.48. The van der Waals surface area contributed by atoms with E-state index in [1.54, 1.807) is 30.3 Å². The molecule has 0 amide bonds. The number of aromatic amines is 1. The molecule has 5 rings (SSSR count). The zero-order valence-corrected chi connectivity index (χ0v) is 19.9. The van der Waals surface area contributed by atoms with Gasteiger partial charge in [-0.2, -0.15) is 13.2 Å². The van der Waals surface area contributed by atoms with E-state index >= 15 is 0 Å². The minimum Gasteiger partial charge on any atom is -0.364 e. The number of rotatable bonds is 6. The number of nitrogens with one attached hydrogen (secondary N) is 2. The van der Waals surface area contributed by atoms with Gasteiger partial charge in [-0.15, -0.1) is 0 Å². The molecule has 4 N–H and O–H groups in total. The highest BCUT2D eigenvalue weighted by molar-refractivity contribution is 5.85. The number of alkyl halides is 3. The molecule has 0 radical (unpaired) electrons. The Morgan fingerprint density at radius 3 is 2.49 bits per heavy atom. The minimum atomic E-state index is -4.50. The fourth-order valence-corrected chi connectivity index (χ4v) is 3.67. The van der Waals surface area contributed by atoms with Gasteiger partial charge >= 0.3 is 6.18 Å². The molecule has 3 heterocycles. The highest BCUT2D eigenvalue weighted by atomic mass is 19.4. The van der Waals surface area contributed by atoms with Crippen LogP contribution in [-0.2, 0) is 19.8 Å². The first-order valence-electron chi connectivity index (χ1n) is 11.1. The molecule has 0 fully saturated rings. The maximum atomic E-state index is 13.0. The smallest absolute Gasteiger partial charge is 0.364 e. The number of nitrogens with zero attached hydrogens (tertiary/aromatic N) is 5. The number of carbonyl (C=O) groups excluding carboxylic acids is 1. The Morgan fingerprint density at radius 2 is 1.81 bits per heavy atom. The summed E-state index contributed by atoms with van der Waals surface area (Å²) in [6.45, 7) is 0.396. The maximum Gasteiger partial charge on any atom is 0.434 e. The van der Waals surface area contributed by atoms with Crippen molar-refractivity contribution in [3.63, 3.8) is 0 Å².